The van der Waals surface area contributed by atoms with Crippen LogP contribution in [0.5, 0.6) is 0 Å². The molecule has 0 aliphatic carbocycles. The van der Waals surface area contributed by atoms with Gasteiger partial charge in [0.1, 0.15) is 0 Å². The Morgan fingerprint density at radius 3 is 1.57 bits per heavy atom. The summed E-state index contributed by atoms with van der Waals surface area (Å²) >= 11 is 0. The molecule has 0 aromatic heterocycles. The van der Waals surface area contributed by atoms with Crippen molar-refractivity contribution in [3.8, 4) is 0 Å². The fourth-order valence-corrected chi connectivity index (χ4v) is 2.77. The Hall–Kier alpha value is 0.933. The molecule has 0 spiro atoms. The summed E-state index contributed by atoms with van der Waals surface area (Å²) < 4.78 is 11.2. The smallest absolute Gasteiger partial charge is 1.00 e. The van der Waals surface area contributed by atoms with E-state index in [2.05, 4.69) is 13.1 Å². The minimum atomic E-state index is -2.34. The molecule has 0 amide bonds. The number of hydrogen-bond acceptors (Lipinski definition) is 2. The van der Waals surface area contributed by atoms with Crippen LogP contribution >= 0.6 is 0 Å². The first-order valence-electron chi connectivity index (χ1n) is 4.24. The van der Waals surface area contributed by atoms with Crippen molar-refractivity contribution in [2.45, 2.75) is 39.9 Å². The van der Waals surface area contributed by atoms with Crippen molar-refractivity contribution in [3.05, 3.63) is 18.8 Å². The zero-order chi connectivity index (χ0) is 9.78. The molecule has 0 aromatic carbocycles. The van der Waals surface area contributed by atoms with E-state index in [-0.39, 0.29) is 47.7 Å². The average Bonchev–Trinajstić information content (AvgIpc) is 1.83. The van der Waals surface area contributed by atoms with Gasteiger partial charge in [0.15, 0.2) is 0 Å². The van der Waals surface area contributed by atoms with Gasteiger partial charge in [-0.2, -0.15) is 0 Å². The molecule has 0 aliphatic rings. The molecule has 0 atom stereocenters. The van der Waals surface area contributed by atoms with E-state index in [9.17, 15) is 0 Å². The molecule has 14 heavy (non-hydrogen) atoms. The minimum Gasteiger partial charge on any atom is -1.00 e. The Morgan fingerprint density at radius 2 is 1.43 bits per heavy atom. The van der Waals surface area contributed by atoms with Crippen LogP contribution in [0.1, 0.15) is 27.7 Å². The van der Waals surface area contributed by atoms with Crippen molar-refractivity contribution < 1.29 is 21.3 Å². The summed E-state index contributed by atoms with van der Waals surface area (Å²) in [5.74, 6) is 0. The molecule has 0 heterocycles. The van der Waals surface area contributed by atoms with E-state index in [1.165, 1.54) is 0 Å². The van der Waals surface area contributed by atoms with Crippen LogP contribution in [0.2, 0.25) is 0 Å². The standard InChI is InChI=1S/C9H19O2Si.ClH.Mg/c1-7-12(6,10-8(2)3)11-9(4)5;;/h7-9H,1,6H2,2-5H3;1H;/q-1;;+2/p-1. The van der Waals surface area contributed by atoms with Gasteiger partial charge < -0.3 is 21.3 Å². The maximum absolute atomic E-state index is 5.59. The first-order valence-corrected chi connectivity index (χ1v) is 6.34. The monoisotopic (exact) mass is 246 g/mol. The van der Waals surface area contributed by atoms with Crippen molar-refractivity contribution in [2.75, 3.05) is 0 Å². The van der Waals surface area contributed by atoms with Crippen LogP contribution in [0.15, 0.2) is 12.3 Å². The van der Waals surface area contributed by atoms with Gasteiger partial charge in [0.2, 0.25) is 8.56 Å². The zero-order valence-electron chi connectivity index (χ0n) is 9.55. The molecule has 0 saturated heterocycles. The van der Waals surface area contributed by atoms with Gasteiger partial charge in [0, 0.05) is 12.2 Å². The van der Waals surface area contributed by atoms with E-state index < -0.39 is 8.56 Å². The average molecular weight is 247 g/mol. The van der Waals surface area contributed by atoms with Gasteiger partial charge in [-0.3, -0.25) is 6.55 Å². The third kappa shape index (κ3) is 9.49. The van der Waals surface area contributed by atoms with Gasteiger partial charge in [0.05, 0.1) is 0 Å². The Kier molecular flexibility index (Phi) is 13.3. The molecular formula is C9H19ClMgO2Si. The molecular weight excluding hydrogens is 228 g/mol. The van der Waals surface area contributed by atoms with Crippen molar-refractivity contribution in [1.82, 2.24) is 0 Å². The first kappa shape index (κ1) is 20.4. The summed E-state index contributed by atoms with van der Waals surface area (Å²) in [7, 11) is -2.34. The van der Waals surface area contributed by atoms with Crippen molar-refractivity contribution in [3.63, 3.8) is 0 Å². The minimum absolute atomic E-state index is 0. The van der Waals surface area contributed by atoms with E-state index in [0.717, 1.165) is 0 Å². The van der Waals surface area contributed by atoms with Crippen molar-refractivity contribution in [1.29, 1.82) is 0 Å². The second kappa shape index (κ2) is 9.18. The molecule has 0 aromatic rings. The number of rotatable bonds is 5. The maximum atomic E-state index is 5.59. The molecule has 0 fully saturated rings. The van der Waals surface area contributed by atoms with Crippen LogP contribution in [0.3, 0.4) is 0 Å². The predicted octanol–water partition coefficient (Wildman–Crippen LogP) is -1.000. The van der Waals surface area contributed by atoms with E-state index in [1.807, 2.05) is 27.7 Å². The fourth-order valence-electron chi connectivity index (χ4n) is 0.922. The van der Waals surface area contributed by atoms with Crippen molar-refractivity contribution in [2.24, 2.45) is 0 Å². The quantitative estimate of drug-likeness (QED) is 0.458. The van der Waals surface area contributed by atoms with Crippen LogP contribution in [-0.2, 0) is 8.85 Å². The molecule has 0 rings (SSSR count). The van der Waals surface area contributed by atoms with Crippen molar-refractivity contribution >= 4 is 31.6 Å². The third-order valence-corrected chi connectivity index (χ3v) is 3.54. The Bertz CT molecular complexity index is 144. The van der Waals surface area contributed by atoms with Crippen LogP contribution in [0, 0.1) is 6.55 Å². The topological polar surface area (TPSA) is 18.5 Å². The maximum Gasteiger partial charge on any atom is 2.00 e. The summed E-state index contributed by atoms with van der Waals surface area (Å²) in [6.45, 7) is 15.5. The van der Waals surface area contributed by atoms with E-state index in [0.29, 0.717) is 0 Å². The van der Waals surface area contributed by atoms with Crippen LogP contribution < -0.4 is 12.4 Å². The molecule has 2 nitrogen and oxygen atoms in total. The molecule has 5 heteroatoms. The van der Waals surface area contributed by atoms with Crippen LogP contribution in [0.4, 0.5) is 0 Å². The summed E-state index contributed by atoms with van der Waals surface area (Å²) in [4.78, 5) is 0. The summed E-state index contributed by atoms with van der Waals surface area (Å²) in [6.07, 6.45) is 0.289. The molecule has 0 saturated carbocycles. The molecule has 0 N–H and O–H groups in total. The third-order valence-electron chi connectivity index (χ3n) is 1.18. The summed E-state index contributed by atoms with van der Waals surface area (Å²) in [6, 6.07) is 0. The Balaban J connectivity index is -0.000000605. The van der Waals surface area contributed by atoms with Crippen LogP contribution in [-0.4, -0.2) is 43.8 Å². The number of hydrogen-bond donors (Lipinski definition) is 0. The molecule has 80 valence electrons. The second-order valence-electron chi connectivity index (χ2n) is 3.35. The molecule has 0 aliphatic heterocycles. The SMILES string of the molecule is C=C[Si]([CH2-])(OC(C)C)OC(C)C.[Cl-].[Mg+2]. The fraction of sp³-hybridized carbons (Fsp3) is 0.667. The summed E-state index contributed by atoms with van der Waals surface area (Å²) in [5, 5.41) is 0. The molecule has 0 radical (unpaired) electrons. The van der Waals surface area contributed by atoms with Gasteiger partial charge in [-0.05, 0) is 27.7 Å². The van der Waals surface area contributed by atoms with Gasteiger partial charge >= 0.3 is 23.1 Å². The largest absolute Gasteiger partial charge is 2.00 e. The first-order chi connectivity index (χ1) is 5.39. The molecule has 0 unspecified atom stereocenters. The van der Waals surface area contributed by atoms with E-state index in [1.54, 1.807) is 5.70 Å². The van der Waals surface area contributed by atoms with Gasteiger partial charge in [0.25, 0.3) is 0 Å². The van der Waals surface area contributed by atoms with Gasteiger partial charge in [-0.1, -0.05) is 5.70 Å². The van der Waals surface area contributed by atoms with Gasteiger partial charge in [-0.15, -0.1) is 6.58 Å². The van der Waals surface area contributed by atoms with E-state index >= 15 is 0 Å². The summed E-state index contributed by atoms with van der Waals surface area (Å²) in [5.41, 5.74) is 1.72. The predicted molar refractivity (Wildman–Crippen MR) is 59.5 cm³/mol. The molecule has 0 bridgehead atoms. The normalized spacial score (nSPS) is 10.8. The zero-order valence-corrected chi connectivity index (χ0v) is 12.7. The Labute approximate surface area is 111 Å². The Morgan fingerprint density at radius 1 is 1.14 bits per heavy atom. The van der Waals surface area contributed by atoms with Gasteiger partial charge in [-0.25, -0.2) is 0 Å². The number of halogens is 1. The van der Waals surface area contributed by atoms with E-state index in [4.69, 9.17) is 8.85 Å². The second-order valence-corrected chi connectivity index (χ2v) is 5.85. The van der Waals surface area contributed by atoms with Crippen LogP contribution in [0.25, 0.3) is 0 Å².